The van der Waals surface area contributed by atoms with Gasteiger partial charge in [-0.1, -0.05) is 0 Å². The van der Waals surface area contributed by atoms with Crippen molar-refractivity contribution in [1.29, 1.82) is 5.26 Å². The zero-order valence-electron chi connectivity index (χ0n) is 5.05. The summed E-state index contributed by atoms with van der Waals surface area (Å²) in [6.45, 7) is 1.81. The summed E-state index contributed by atoms with van der Waals surface area (Å²) in [4.78, 5) is 3.88. The third-order valence-electron chi connectivity index (χ3n) is 0.936. The summed E-state index contributed by atoms with van der Waals surface area (Å²) in [5.41, 5.74) is 1.21. The molecule has 0 saturated carbocycles. The van der Waals surface area contributed by atoms with Gasteiger partial charge in [0.25, 0.3) is 0 Å². The van der Waals surface area contributed by atoms with Gasteiger partial charge in [-0.05, 0) is 19.1 Å². The van der Waals surface area contributed by atoms with Crippen molar-refractivity contribution in [1.82, 2.24) is 4.98 Å². The molecular formula is C7H5N2. The Bertz CT molecular complexity index is 247. The predicted molar refractivity (Wildman–Crippen MR) is 32.5 cm³/mol. The Labute approximate surface area is 53.8 Å². The van der Waals surface area contributed by atoms with Crippen molar-refractivity contribution in [3.63, 3.8) is 0 Å². The van der Waals surface area contributed by atoms with Gasteiger partial charge < -0.3 is 0 Å². The summed E-state index contributed by atoms with van der Waals surface area (Å²) >= 11 is 0. The van der Waals surface area contributed by atoms with Crippen LogP contribution in [0.4, 0.5) is 0 Å². The van der Waals surface area contributed by atoms with Crippen LogP contribution in [-0.2, 0) is 0 Å². The molecule has 0 unspecified atom stereocenters. The molecule has 0 fully saturated rings. The topological polar surface area (TPSA) is 36.7 Å². The molecule has 0 atom stereocenters. The highest BCUT2D eigenvalue weighted by Gasteiger charge is 1.88. The average Bonchev–Trinajstić information content (AvgIpc) is 1.88. The van der Waals surface area contributed by atoms with Crippen molar-refractivity contribution in [3.05, 3.63) is 29.6 Å². The molecule has 1 rings (SSSR count). The molecule has 0 aliphatic rings. The molecule has 0 saturated heterocycles. The smallest absolute Gasteiger partial charge is 0.140 e. The molecule has 0 aliphatic carbocycles. The van der Waals surface area contributed by atoms with E-state index in [-0.39, 0.29) is 0 Å². The van der Waals surface area contributed by atoms with Crippen LogP contribution in [0.5, 0.6) is 0 Å². The molecule has 0 aliphatic heterocycles. The monoisotopic (exact) mass is 117 g/mol. The van der Waals surface area contributed by atoms with Crippen molar-refractivity contribution in [3.8, 4) is 6.07 Å². The van der Waals surface area contributed by atoms with Gasteiger partial charge >= 0.3 is 0 Å². The lowest BCUT2D eigenvalue weighted by Gasteiger charge is -1.87. The second-order valence-corrected chi connectivity index (χ2v) is 1.67. The number of nitriles is 1. The number of hydrogen-bond acceptors (Lipinski definition) is 2. The van der Waals surface area contributed by atoms with Gasteiger partial charge in [-0.15, -0.1) is 0 Å². The Morgan fingerprint density at radius 3 is 3.00 bits per heavy atom. The van der Waals surface area contributed by atoms with Gasteiger partial charge in [-0.25, -0.2) is 4.98 Å². The number of nitrogens with zero attached hydrogens (tertiary/aromatic N) is 2. The second-order valence-electron chi connectivity index (χ2n) is 1.67. The largest absolute Gasteiger partial charge is 0.242 e. The van der Waals surface area contributed by atoms with Crippen LogP contribution in [0.1, 0.15) is 11.4 Å². The fourth-order valence-corrected chi connectivity index (χ4v) is 0.554. The van der Waals surface area contributed by atoms with Gasteiger partial charge in [0, 0.05) is 11.8 Å². The fourth-order valence-electron chi connectivity index (χ4n) is 0.554. The van der Waals surface area contributed by atoms with Gasteiger partial charge in [0.05, 0.1) is 0 Å². The van der Waals surface area contributed by atoms with Crippen LogP contribution in [0.2, 0.25) is 0 Å². The molecule has 0 aromatic carbocycles. The van der Waals surface area contributed by atoms with Gasteiger partial charge in [0.1, 0.15) is 11.8 Å². The van der Waals surface area contributed by atoms with Crippen molar-refractivity contribution in [2.45, 2.75) is 6.92 Å². The maximum absolute atomic E-state index is 8.34. The third-order valence-corrected chi connectivity index (χ3v) is 0.936. The normalized spacial score (nSPS) is 8.44. The molecule has 1 radical (unpaired) electrons. The van der Waals surface area contributed by atoms with E-state index in [2.05, 4.69) is 11.1 Å². The standard InChI is InChI=1S/C7H5N2/c1-6-3-2-4-7(5-8)9-6/h2,4H,1H3. The number of pyridine rings is 1. The molecule has 1 aromatic heterocycles. The first-order chi connectivity index (χ1) is 4.33. The fraction of sp³-hybridized carbons (Fsp3) is 0.143. The van der Waals surface area contributed by atoms with E-state index in [0.29, 0.717) is 5.69 Å². The second kappa shape index (κ2) is 2.27. The molecule has 1 aromatic rings. The van der Waals surface area contributed by atoms with E-state index in [1.54, 1.807) is 19.1 Å². The minimum absolute atomic E-state index is 0.450. The Morgan fingerprint density at radius 1 is 1.78 bits per heavy atom. The molecule has 0 spiro atoms. The Kier molecular flexibility index (Phi) is 1.46. The van der Waals surface area contributed by atoms with E-state index in [0.717, 1.165) is 5.69 Å². The Hall–Kier alpha value is -1.36. The first kappa shape index (κ1) is 5.77. The third kappa shape index (κ3) is 1.26. The molecule has 1 heterocycles. The summed E-state index contributed by atoms with van der Waals surface area (Å²) in [6, 6.07) is 8.11. The van der Waals surface area contributed by atoms with Crippen molar-refractivity contribution < 1.29 is 0 Å². The molecule has 43 valence electrons. The number of aromatic nitrogens is 1. The van der Waals surface area contributed by atoms with E-state index in [1.165, 1.54) is 0 Å². The predicted octanol–water partition coefficient (Wildman–Crippen LogP) is 1.06. The highest BCUT2D eigenvalue weighted by Crippen LogP contribution is 1.93. The lowest BCUT2D eigenvalue weighted by atomic mass is 10.3. The summed E-state index contributed by atoms with van der Waals surface area (Å²) in [6.07, 6.45) is 0. The zero-order valence-corrected chi connectivity index (χ0v) is 5.05. The van der Waals surface area contributed by atoms with Crippen LogP contribution in [0.25, 0.3) is 0 Å². The van der Waals surface area contributed by atoms with Gasteiger partial charge in [-0.3, -0.25) is 0 Å². The van der Waals surface area contributed by atoms with E-state index >= 15 is 0 Å². The first-order valence-corrected chi connectivity index (χ1v) is 2.58. The van der Waals surface area contributed by atoms with Gasteiger partial charge in [-0.2, -0.15) is 5.26 Å². The quantitative estimate of drug-likeness (QED) is 0.509. The van der Waals surface area contributed by atoms with Crippen molar-refractivity contribution >= 4 is 0 Å². The summed E-state index contributed by atoms with van der Waals surface area (Å²) < 4.78 is 0. The molecule has 9 heavy (non-hydrogen) atoms. The van der Waals surface area contributed by atoms with Crippen LogP contribution < -0.4 is 0 Å². The molecule has 0 bridgehead atoms. The average molecular weight is 117 g/mol. The van der Waals surface area contributed by atoms with Gasteiger partial charge in [0.15, 0.2) is 0 Å². The van der Waals surface area contributed by atoms with E-state index in [9.17, 15) is 0 Å². The van der Waals surface area contributed by atoms with Crippen LogP contribution in [0, 0.1) is 24.3 Å². The summed E-state index contributed by atoms with van der Waals surface area (Å²) in [5.74, 6) is 0. The highest BCUT2D eigenvalue weighted by molar-refractivity contribution is 5.20. The van der Waals surface area contributed by atoms with Crippen molar-refractivity contribution in [2.75, 3.05) is 0 Å². The van der Waals surface area contributed by atoms with Crippen molar-refractivity contribution in [2.24, 2.45) is 0 Å². The SMILES string of the molecule is Cc1[c]ccc(C#N)n1. The van der Waals surface area contributed by atoms with E-state index in [4.69, 9.17) is 5.26 Å². The minimum Gasteiger partial charge on any atom is -0.242 e. The lowest BCUT2D eigenvalue weighted by molar-refractivity contribution is 1.16. The maximum Gasteiger partial charge on any atom is 0.140 e. The summed E-state index contributed by atoms with van der Waals surface area (Å²) in [5, 5.41) is 8.34. The zero-order chi connectivity index (χ0) is 6.69. The molecule has 0 N–H and O–H groups in total. The minimum atomic E-state index is 0.450. The van der Waals surface area contributed by atoms with Gasteiger partial charge in [0.2, 0.25) is 0 Å². The highest BCUT2D eigenvalue weighted by atomic mass is 14.7. The maximum atomic E-state index is 8.34. The molecule has 2 nitrogen and oxygen atoms in total. The van der Waals surface area contributed by atoms with Crippen LogP contribution in [-0.4, -0.2) is 4.98 Å². The molecular weight excluding hydrogens is 112 g/mol. The van der Waals surface area contributed by atoms with E-state index in [1.807, 2.05) is 6.07 Å². The number of hydrogen-bond donors (Lipinski definition) is 0. The van der Waals surface area contributed by atoms with Crippen LogP contribution in [0.15, 0.2) is 12.1 Å². The lowest BCUT2D eigenvalue weighted by Crippen LogP contribution is -1.83. The van der Waals surface area contributed by atoms with E-state index < -0.39 is 0 Å². The number of aryl methyl sites for hydroxylation is 1. The Morgan fingerprint density at radius 2 is 2.56 bits per heavy atom. The Balaban J connectivity index is 3.12. The number of rotatable bonds is 0. The van der Waals surface area contributed by atoms with Crippen LogP contribution in [0.3, 0.4) is 0 Å². The molecule has 0 amide bonds. The van der Waals surface area contributed by atoms with Crippen LogP contribution >= 0.6 is 0 Å². The summed E-state index contributed by atoms with van der Waals surface area (Å²) in [7, 11) is 0. The first-order valence-electron chi connectivity index (χ1n) is 2.58. The molecule has 2 heteroatoms.